The number of aryl methyl sites for hydroxylation is 3. The monoisotopic (exact) mass is 445 g/mol. The van der Waals surface area contributed by atoms with Gasteiger partial charge >= 0.3 is 0 Å². The van der Waals surface area contributed by atoms with Crippen LogP contribution in [0.5, 0.6) is 5.75 Å². The summed E-state index contributed by atoms with van der Waals surface area (Å²) >= 11 is 1.46. The number of amides is 1. The van der Waals surface area contributed by atoms with Gasteiger partial charge in [-0.2, -0.15) is 0 Å². The van der Waals surface area contributed by atoms with E-state index in [9.17, 15) is 14.7 Å². The summed E-state index contributed by atoms with van der Waals surface area (Å²) in [5.74, 6) is -0.645. The number of rotatable bonds is 3. The molecule has 162 valence electrons. The van der Waals surface area contributed by atoms with E-state index in [0.717, 1.165) is 40.2 Å². The van der Waals surface area contributed by atoms with Crippen LogP contribution in [0.1, 0.15) is 39.6 Å². The molecule has 6 heteroatoms. The highest BCUT2D eigenvalue weighted by Crippen LogP contribution is 2.44. The first-order chi connectivity index (χ1) is 15.5. The molecule has 0 spiro atoms. The molecule has 1 atom stereocenters. The summed E-state index contributed by atoms with van der Waals surface area (Å²) in [6, 6.07) is 14.3. The second-order valence-electron chi connectivity index (χ2n) is 8.25. The molecule has 0 bridgehead atoms. The van der Waals surface area contributed by atoms with Gasteiger partial charge in [0.1, 0.15) is 17.6 Å². The number of ketones is 1. The molecule has 5 nitrogen and oxygen atoms in total. The number of Topliss-reactive ketones (excluding diaryl/α,β-unsaturated/α-hetero) is 1. The number of carbonyl (C=O) groups excluding carboxylic acids is 2. The minimum Gasteiger partial charge on any atom is -0.507 e. The van der Waals surface area contributed by atoms with E-state index in [2.05, 4.69) is 0 Å². The fourth-order valence-corrected chi connectivity index (χ4v) is 5.36. The van der Waals surface area contributed by atoms with Gasteiger partial charge in [0.15, 0.2) is 0 Å². The van der Waals surface area contributed by atoms with Crippen LogP contribution in [0, 0.1) is 13.8 Å². The highest BCUT2D eigenvalue weighted by molar-refractivity contribution is 7.10. The molecule has 1 unspecified atom stereocenters. The zero-order valence-electron chi connectivity index (χ0n) is 17.9. The van der Waals surface area contributed by atoms with Crippen LogP contribution >= 0.6 is 11.3 Å². The van der Waals surface area contributed by atoms with Crippen LogP contribution in [0.3, 0.4) is 0 Å². The van der Waals surface area contributed by atoms with Crippen molar-refractivity contribution in [2.45, 2.75) is 32.7 Å². The van der Waals surface area contributed by atoms with Crippen LogP contribution in [0.25, 0.3) is 5.76 Å². The number of hydrogen-bond donors (Lipinski definition) is 1. The zero-order valence-corrected chi connectivity index (χ0v) is 18.7. The number of fused-ring (bicyclic) bond motifs is 1. The number of anilines is 1. The molecule has 2 aliphatic rings. The maximum absolute atomic E-state index is 13.2. The fourth-order valence-electron chi connectivity index (χ4n) is 4.54. The SMILES string of the molecule is Cc1ccc(N2C(=O)C(=O)/C(=C(\O)c3ccc4c(c3)CCCO4)C2c2cccs2)c(C)c1. The predicted octanol–water partition coefficient (Wildman–Crippen LogP) is 5.32. The Morgan fingerprint density at radius 1 is 1.12 bits per heavy atom. The molecular formula is C26H23NO4S. The Kier molecular flexibility index (Phi) is 5.10. The maximum Gasteiger partial charge on any atom is 0.300 e. The van der Waals surface area contributed by atoms with Gasteiger partial charge in [-0.1, -0.05) is 23.8 Å². The number of thiophene rings is 1. The molecular weight excluding hydrogens is 422 g/mol. The van der Waals surface area contributed by atoms with Gasteiger partial charge in [-0.15, -0.1) is 11.3 Å². The normalized spacial score (nSPS) is 19.7. The minimum absolute atomic E-state index is 0.120. The average molecular weight is 446 g/mol. The summed E-state index contributed by atoms with van der Waals surface area (Å²) in [4.78, 5) is 28.8. The van der Waals surface area contributed by atoms with Crippen LogP contribution < -0.4 is 9.64 Å². The van der Waals surface area contributed by atoms with Crippen molar-refractivity contribution in [3.05, 3.63) is 86.6 Å². The van der Waals surface area contributed by atoms with Crippen LogP contribution in [0.2, 0.25) is 0 Å². The van der Waals surface area contributed by atoms with Crippen molar-refractivity contribution in [2.24, 2.45) is 0 Å². The van der Waals surface area contributed by atoms with Crippen molar-refractivity contribution in [1.82, 2.24) is 0 Å². The van der Waals surface area contributed by atoms with Gasteiger partial charge in [0.25, 0.3) is 11.7 Å². The summed E-state index contributed by atoms with van der Waals surface area (Å²) in [7, 11) is 0. The smallest absolute Gasteiger partial charge is 0.300 e. The Morgan fingerprint density at radius 2 is 1.97 bits per heavy atom. The lowest BCUT2D eigenvalue weighted by Crippen LogP contribution is -2.29. The molecule has 3 heterocycles. The Bertz CT molecular complexity index is 1260. The number of hydrogen-bond acceptors (Lipinski definition) is 5. The van der Waals surface area contributed by atoms with Gasteiger partial charge in [0.05, 0.1) is 12.2 Å². The molecule has 2 aliphatic heterocycles. The molecule has 1 aromatic heterocycles. The van der Waals surface area contributed by atoms with Crippen molar-refractivity contribution in [3.8, 4) is 5.75 Å². The summed E-state index contributed by atoms with van der Waals surface area (Å²) in [5.41, 5.74) is 4.29. The van der Waals surface area contributed by atoms with E-state index < -0.39 is 17.7 Å². The van der Waals surface area contributed by atoms with Gasteiger partial charge in [0.2, 0.25) is 0 Å². The molecule has 32 heavy (non-hydrogen) atoms. The van der Waals surface area contributed by atoms with Crippen molar-refractivity contribution >= 4 is 34.5 Å². The Morgan fingerprint density at radius 3 is 2.72 bits per heavy atom. The van der Waals surface area contributed by atoms with E-state index in [-0.39, 0.29) is 11.3 Å². The van der Waals surface area contributed by atoms with Crippen LogP contribution in [-0.4, -0.2) is 23.4 Å². The third-order valence-electron chi connectivity index (χ3n) is 6.05. The van der Waals surface area contributed by atoms with E-state index in [4.69, 9.17) is 4.74 Å². The van der Waals surface area contributed by atoms with Crippen molar-refractivity contribution < 1.29 is 19.4 Å². The molecule has 0 aliphatic carbocycles. The number of benzene rings is 2. The number of carbonyl (C=O) groups is 2. The lowest BCUT2D eigenvalue weighted by Gasteiger charge is -2.26. The first-order valence-electron chi connectivity index (χ1n) is 10.6. The predicted molar refractivity (Wildman–Crippen MR) is 125 cm³/mol. The largest absolute Gasteiger partial charge is 0.507 e. The Hall–Kier alpha value is -3.38. The standard InChI is InChI=1S/C26H23NO4S/c1-15-7-9-19(16(2)13-15)27-23(21-6-4-12-32-21)22(25(29)26(27)30)24(28)18-8-10-20-17(14-18)5-3-11-31-20/h4,6-10,12-14,23,28H,3,5,11H2,1-2H3/b24-22-. The first kappa shape index (κ1) is 20.5. The molecule has 1 N–H and O–H groups in total. The third kappa shape index (κ3) is 3.31. The lowest BCUT2D eigenvalue weighted by molar-refractivity contribution is -0.132. The molecule has 3 aromatic rings. The summed E-state index contributed by atoms with van der Waals surface area (Å²) in [5, 5.41) is 13.2. The first-order valence-corrected chi connectivity index (χ1v) is 11.5. The maximum atomic E-state index is 13.2. The van der Waals surface area contributed by atoms with Gasteiger partial charge in [-0.25, -0.2) is 0 Å². The Balaban J connectivity index is 1.68. The van der Waals surface area contributed by atoms with E-state index in [1.165, 1.54) is 16.2 Å². The second-order valence-corrected chi connectivity index (χ2v) is 9.23. The van der Waals surface area contributed by atoms with E-state index in [0.29, 0.717) is 17.9 Å². The molecule has 2 aromatic carbocycles. The minimum atomic E-state index is -0.677. The summed E-state index contributed by atoms with van der Waals surface area (Å²) < 4.78 is 5.67. The van der Waals surface area contributed by atoms with Gasteiger partial charge in [0, 0.05) is 16.1 Å². The van der Waals surface area contributed by atoms with Crippen LogP contribution in [0.15, 0.2) is 59.5 Å². The third-order valence-corrected chi connectivity index (χ3v) is 6.98. The van der Waals surface area contributed by atoms with Crippen LogP contribution in [0.4, 0.5) is 5.69 Å². The fraction of sp³-hybridized carbons (Fsp3) is 0.231. The number of nitrogens with zero attached hydrogens (tertiary/aromatic N) is 1. The highest BCUT2D eigenvalue weighted by Gasteiger charge is 2.47. The summed E-state index contributed by atoms with van der Waals surface area (Å²) in [6.07, 6.45) is 1.76. The molecule has 0 radical (unpaired) electrons. The number of aliphatic hydroxyl groups is 1. The average Bonchev–Trinajstić information content (AvgIpc) is 3.40. The highest BCUT2D eigenvalue weighted by atomic mass is 32.1. The lowest BCUT2D eigenvalue weighted by atomic mass is 9.96. The second kappa shape index (κ2) is 7.95. The van der Waals surface area contributed by atoms with Crippen molar-refractivity contribution in [2.75, 3.05) is 11.5 Å². The molecule has 5 rings (SSSR count). The molecule has 1 amide bonds. The topological polar surface area (TPSA) is 66.8 Å². The number of ether oxygens (including phenoxy) is 1. The Labute approximate surface area is 190 Å². The molecule has 1 fully saturated rings. The summed E-state index contributed by atoms with van der Waals surface area (Å²) in [6.45, 7) is 4.59. The van der Waals surface area contributed by atoms with E-state index >= 15 is 0 Å². The quantitative estimate of drug-likeness (QED) is 0.337. The molecule has 0 saturated carbocycles. The zero-order chi connectivity index (χ0) is 22.4. The van der Waals surface area contributed by atoms with Crippen molar-refractivity contribution in [1.29, 1.82) is 0 Å². The number of aliphatic hydroxyl groups excluding tert-OH is 1. The van der Waals surface area contributed by atoms with E-state index in [1.54, 1.807) is 6.07 Å². The van der Waals surface area contributed by atoms with Gasteiger partial charge in [-0.05, 0) is 73.5 Å². The van der Waals surface area contributed by atoms with Crippen molar-refractivity contribution in [3.63, 3.8) is 0 Å². The van der Waals surface area contributed by atoms with E-state index in [1.807, 2.05) is 61.7 Å². The van der Waals surface area contributed by atoms with Gasteiger partial charge < -0.3 is 9.84 Å². The molecule has 1 saturated heterocycles. The van der Waals surface area contributed by atoms with Crippen LogP contribution in [-0.2, 0) is 16.0 Å². The van der Waals surface area contributed by atoms with Gasteiger partial charge in [-0.3, -0.25) is 14.5 Å².